The van der Waals surface area contributed by atoms with Gasteiger partial charge in [0, 0.05) is 18.9 Å². The first-order valence-corrected chi connectivity index (χ1v) is 6.95. The number of rotatable bonds is 4. The monoisotopic (exact) mass is 240 g/mol. The molecule has 1 saturated carbocycles. The minimum absolute atomic E-state index is 0.282. The largest absolute Gasteiger partial charge is 0.378 e. The lowest BCUT2D eigenvalue weighted by Gasteiger charge is -2.32. The van der Waals surface area contributed by atoms with Gasteiger partial charge in [-0.2, -0.15) is 0 Å². The lowest BCUT2D eigenvalue weighted by molar-refractivity contribution is -0.123. The van der Waals surface area contributed by atoms with E-state index in [-0.39, 0.29) is 5.92 Å². The number of ether oxygens (including phenoxy) is 2. The first-order chi connectivity index (χ1) is 8.15. The van der Waals surface area contributed by atoms with Gasteiger partial charge >= 0.3 is 0 Å². The van der Waals surface area contributed by atoms with E-state index in [1.165, 1.54) is 0 Å². The maximum absolute atomic E-state index is 11.5. The standard InChI is InChI=1S/C14H24O3/c1-10-8-13(9-11(2)17-10)16-7-6-12-4-3-5-14(12)15/h10-13H,3-9H2,1-2H3. The van der Waals surface area contributed by atoms with Crippen LogP contribution in [-0.2, 0) is 14.3 Å². The van der Waals surface area contributed by atoms with Crippen LogP contribution in [0.1, 0.15) is 52.4 Å². The summed E-state index contributed by atoms with van der Waals surface area (Å²) in [5, 5.41) is 0. The Hall–Kier alpha value is -0.410. The number of Topliss-reactive ketones (excluding diaryl/α,β-unsaturated/α-hetero) is 1. The zero-order chi connectivity index (χ0) is 12.3. The predicted octanol–water partition coefficient (Wildman–Crippen LogP) is 2.72. The average Bonchev–Trinajstić information content (AvgIpc) is 2.63. The van der Waals surface area contributed by atoms with Gasteiger partial charge in [-0.3, -0.25) is 4.79 Å². The van der Waals surface area contributed by atoms with Gasteiger partial charge in [-0.05, 0) is 46.0 Å². The van der Waals surface area contributed by atoms with Crippen LogP contribution in [0.5, 0.6) is 0 Å². The van der Waals surface area contributed by atoms with Crippen molar-refractivity contribution in [2.75, 3.05) is 6.61 Å². The molecule has 0 amide bonds. The maximum Gasteiger partial charge on any atom is 0.136 e. The van der Waals surface area contributed by atoms with Crippen molar-refractivity contribution in [3.05, 3.63) is 0 Å². The van der Waals surface area contributed by atoms with E-state index in [0.717, 1.165) is 45.1 Å². The molecule has 3 unspecified atom stereocenters. The molecule has 0 spiro atoms. The molecule has 1 aliphatic heterocycles. The lowest BCUT2D eigenvalue weighted by Crippen LogP contribution is -2.34. The van der Waals surface area contributed by atoms with Crippen LogP contribution in [0.15, 0.2) is 0 Å². The molecule has 2 rings (SSSR count). The molecule has 17 heavy (non-hydrogen) atoms. The van der Waals surface area contributed by atoms with Crippen LogP contribution in [0.2, 0.25) is 0 Å². The number of hydrogen-bond donors (Lipinski definition) is 0. The second-order valence-corrected chi connectivity index (χ2v) is 5.57. The summed E-state index contributed by atoms with van der Waals surface area (Å²) in [7, 11) is 0. The second kappa shape index (κ2) is 5.96. The fraction of sp³-hybridized carbons (Fsp3) is 0.929. The van der Waals surface area contributed by atoms with Gasteiger partial charge in [0.15, 0.2) is 0 Å². The van der Waals surface area contributed by atoms with Crippen LogP contribution in [0, 0.1) is 5.92 Å². The van der Waals surface area contributed by atoms with Crippen LogP contribution in [0.4, 0.5) is 0 Å². The average molecular weight is 240 g/mol. The van der Waals surface area contributed by atoms with Gasteiger partial charge in [0.2, 0.25) is 0 Å². The Bertz CT molecular complexity index is 254. The summed E-state index contributed by atoms with van der Waals surface area (Å²) in [4.78, 5) is 11.5. The number of ketones is 1. The summed E-state index contributed by atoms with van der Waals surface area (Å²) in [6.07, 6.45) is 6.76. The van der Waals surface area contributed by atoms with Crippen LogP contribution in [0.3, 0.4) is 0 Å². The molecule has 1 heterocycles. The molecule has 3 heteroatoms. The van der Waals surface area contributed by atoms with Crippen molar-refractivity contribution in [3.8, 4) is 0 Å². The van der Waals surface area contributed by atoms with Crippen molar-refractivity contribution < 1.29 is 14.3 Å². The molecule has 0 bridgehead atoms. The van der Waals surface area contributed by atoms with Crippen molar-refractivity contribution in [3.63, 3.8) is 0 Å². The molecule has 3 atom stereocenters. The molecule has 2 aliphatic rings. The van der Waals surface area contributed by atoms with Gasteiger partial charge in [0.05, 0.1) is 18.3 Å². The summed E-state index contributed by atoms with van der Waals surface area (Å²) in [5.74, 6) is 0.729. The first kappa shape index (κ1) is 13.0. The van der Waals surface area contributed by atoms with Crippen molar-refractivity contribution in [1.29, 1.82) is 0 Å². The molecule has 0 radical (unpaired) electrons. The minimum atomic E-state index is 0.282. The second-order valence-electron chi connectivity index (χ2n) is 5.57. The summed E-state index contributed by atoms with van der Waals surface area (Å²) >= 11 is 0. The zero-order valence-corrected chi connectivity index (χ0v) is 11.0. The van der Waals surface area contributed by atoms with Crippen molar-refractivity contribution in [1.82, 2.24) is 0 Å². The number of carbonyl (C=O) groups excluding carboxylic acids is 1. The Morgan fingerprint density at radius 2 is 2.00 bits per heavy atom. The number of carbonyl (C=O) groups is 1. The maximum atomic E-state index is 11.5. The van der Waals surface area contributed by atoms with Crippen LogP contribution < -0.4 is 0 Å². The van der Waals surface area contributed by atoms with Crippen molar-refractivity contribution in [2.24, 2.45) is 5.92 Å². The van der Waals surface area contributed by atoms with E-state index in [1.807, 2.05) is 0 Å². The van der Waals surface area contributed by atoms with E-state index in [1.54, 1.807) is 0 Å². The third-order valence-corrected chi connectivity index (χ3v) is 3.91. The minimum Gasteiger partial charge on any atom is -0.378 e. The molecule has 2 fully saturated rings. The third kappa shape index (κ3) is 3.78. The third-order valence-electron chi connectivity index (χ3n) is 3.91. The summed E-state index contributed by atoms with van der Waals surface area (Å²) in [5.41, 5.74) is 0. The Kier molecular flexibility index (Phi) is 4.57. The Balaban J connectivity index is 1.66. The quantitative estimate of drug-likeness (QED) is 0.758. The highest BCUT2D eigenvalue weighted by Gasteiger charge is 2.27. The zero-order valence-electron chi connectivity index (χ0n) is 11.0. The normalized spacial score (nSPS) is 38.6. The molecule has 1 aliphatic carbocycles. The highest BCUT2D eigenvalue weighted by atomic mass is 16.5. The Labute approximate surface area is 104 Å². The smallest absolute Gasteiger partial charge is 0.136 e. The molecular weight excluding hydrogens is 216 g/mol. The molecule has 0 aromatic rings. The summed E-state index contributed by atoms with van der Waals surface area (Å²) in [6, 6.07) is 0. The molecule has 1 saturated heterocycles. The molecule has 98 valence electrons. The van der Waals surface area contributed by atoms with Gasteiger partial charge < -0.3 is 9.47 Å². The fourth-order valence-corrected chi connectivity index (χ4v) is 3.05. The fourth-order valence-electron chi connectivity index (χ4n) is 3.05. The van der Waals surface area contributed by atoms with Crippen LogP contribution in [-0.4, -0.2) is 30.7 Å². The van der Waals surface area contributed by atoms with E-state index < -0.39 is 0 Å². The van der Waals surface area contributed by atoms with E-state index in [9.17, 15) is 4.79 Å². The van der Waals surface area contributed by atoms with Gasteiger partial charge in [-0.25, -0.2) is 0 Å². The molecule has 0 aromatic carbocycles. The van der Waals surface area contributed by atoms with Gasteiger partial charge in [0.1, 0.15) is 5.78 Å². The van der Waals surface area contributed by atoms with Crippen molar-refractivity contribution in [2.45, 2.75) is 70.7 Å². The van der Waals surface area contributed by atoms with E-state index in [4.69, 9.17) is 9.47 Å². The SMILES string of the molecule is CC1CC(OCCC2CCCC2=O)CC(C)O1. The molecule has 0 N–H and O–H groups in total. The Morgan fingerprint density at radius 1 is 1.29 bits per heavy atom. The Morgan fingerprint density at radius 3 is 2.59 bits per heavy atom. The highest BCUT2D eigenvalue weighted by Crippen LogP contribution is 2.26. The van der Waals surface area contributed by atoms with Gasteiger partial charge in [0.25, 0.3) is 0 Å². The van der Waals surface area contributed by atoms with E-state index in [2.05, 4.69) is 13.8 Å². The number of hydrogen-bond acceptors (Lipinski definition) is 3. The molecule has 3 nitrogen and oxygen atoms in total. The van der Waals surface area contributed by atoms with Gasteiger partial charge in [-0.1, -0.05) is 0 Å². The molecule has 0 aromatic heterocycles. The van der Waals surface area contributed by atoms with Crippen molar-refractivity contribution >= 4 is 5.78 Å². The van der Waals surface area contributed by atoms with Crippen LogP contribution in [0.25, 0.3) is 0 Å². The topological polar surface area (TPSA) is 35.5 Å². The van der Waals surface area contributed by atoms with Gasteiger partial charge in [-0.15, -0.1) is 0 Å². The molecular formula is C14H24O3. The summed E-state index contributed by atoms with van der Waals surface area (Å²) < 4.78 is 11.6. The lowest BCUT2D eigenvalue weighted by atomic mass is 10.0. The van der Waals surface area contributed by atoms with E-state index >= 15 is 0 Å². The van der Waals surface area contributed by atoms with E-state index in [0.29, 0.717) is 24.1 Å². The van der Waals surface area contributed by atoms with Crippen LogP contribution >= 0.6 is 0 Å². The summed E-state index contributed by atoms with van der Waals surface area (Å²) in [6.45, 7) is 4.94. The first-order valence-electron chi connectivity index (χ1n) is 6.95. The predicted molar refractivity (Wildman–Crippen MR) is 65.9 cm³/mol. The highest BCUT2D eigenvalue weighted by molar-refractivity contribution is 5.82.